The summed E-state index contributed by atoms with van der Waals surface area (Å²) < 4.78 is 46.8. The number of unbranched alkanes of at least 4 members (excludes halogenated alkanes) is 8. The van der Waals surface area contributed by atoms with E-state index in [1.165, 1.54) is 12.1 Å². The molecule has 1 aliphatic rings. The summed E-state index contributed by atoms with van der Waals surface area (Å²) in [5, 5.41) is 23.4. The van der Waals surface area contributed by atoms with Crippen LogP contribution in [0.5, 0.6) is 23.0 Å². The average molecular weight is 1360 g/mol. The first-order valence-electron chi connectivity index (χ1n) is 34.3. The van der Waals surface area contributed by atoms with Crippen LogP contribution in [-0.4, -0.2) is 199 Å². The first-order valence-corrected chi connectivity index (χ1v) is 34.3. The summed E-state index contributed by atoms with van der Waals surface area (Å²) in [4.78, 5) is 110. The number of rotatable bonds is 40. The number of nitrogens with zero attached hydrogens (tertiary/aromatic N) is 2. The Kier molecular flexibility index (Phi) is 36.4. The number of benzene rings is 2. The van der Waals surface area contributed by atoms with E-state index < -0.39 is 70.4 Å². The molecular formula is C70H118N10O16. The molecule has 0 atom stereocenters. The fraction of sp³-hybridized carbons (Fsp3) is 0.714. The molecular weight excluding hydrogens is 1240 g/mol. The van der Waals surface area contributed by atoms with Crippen LogP contribution in [0.15, 0.2) is 24.3 Å². The van der Waals surface area contributed by atoms with Gasteiger partial charge in [0.05, 0.1) is 48.7 Å². The largest absolute Gasteiger partial charge is 0.493 e. The molecule has 2 aromatic carbocycles. The van der Waals surface area contributed by atoms with E-state index in [0.29, 0.717) is 155 Å². The molecule has 0 radical (unpaired) electrons. The highest BCUT2D eigenvalue weighted by Gasteiger charge is 2.30. The van der Waals surface area contributed by atoms with Crippen molar-refractivity contribution in [1.29, 1.82) is 0 Å². The highest BCUT2D eigenvalue weighted by atomic mass is 16.6. The number of ether oxygens (including phenoxy) is 8. The number of carbonyl (C=O) groups excluding carboxylic acids is 8. The van der Waals surface area contributed by atoms with Crippen molar-refractivity contribution in [2.45, 2.75) is 220 Å². The molecule has 8 N–H and O–H groups in total. The van der Waals surface area contributed by atoms with E-state index in [1.807, 2.05) is 38.0 Å². The maximum absolute atomic E-state index is 14.6. The van der Waals surface area contributed by atoms with Crippen molar-refractivity contribution in [3.8, 4) is 23.0 Å². The molecule has 0 unspecified atom stereocenters. The lowest BCUT2D eigenvalue weighted by atomic mass is 9.90. The van der Waals surface area contributed by atoms with Gasteiger partial charge in [-0.25, -0.2) is 19.2 Å². The van der Waals surface area contributed by atoms with Gasteiger partial charge in [-0.2, -0.15) is 0 Å². The Bertz CT molecular complexity index is 2560. The quantitative estimate of drug-likeness (QED) is 0.0227. The Balaban J connectivity index is 1.88. The van der Waals surface area contributed by atoms with Crippen molar-refractivity contribution in [2.24, 2.45) is 0 Å². The summed E-state index contributed by atoms with van der Waals surface area (Å²) in [6.07, 6.45) is 7.78. The number of hydrogen-bond acceptors (Lipinski definition) is 18. The maximum Gasteiger partial charge on any atom is 0.407 e. The number of likely N-dealkylation sites (N-methyl/N-ethyl adjacent to an activating group) is 2. The van der Waals surface area contributed by atoms with Crippen LogP contribution in [0.25, 0.3) is 0 Å². The molecule has 0 aromatic heterocycles. The van der Waals surface area contributed by atoms with Crippen molar-refractivity contribution in [3.05, 3.63) is 46.5 Å². The summed E-state index contributed by atoms with van der Waals surface area (Å²) in [5.41, 5.74) is -1.88. The molecule has 26 nitrogen and oxygen atoms in total. The van der Waals surface area contributed by atoms with E-state index in [-0.39, 0.29) is 83.8 Å². The number of carbonyl (C=O) groups is 8. The molecule has 26 heteroatoms. The minimum Gasteiger partial charge on any atom is -0.493 e. The van der Waals surface area contributed by atoms with Crippen LogP contribution < -0.4 is 61.5 Å². The molecule has 1 fully saturated rings. The molecule has 0 spiro atoms. The highest BCUT2D eigenvalue weighted by Crippen LogP contribution is 2.33. The van der Waals surface area contributed by atoms with E-state index in [9.17, 15) is 38.4 Å². The van der Waals surface area contributed by atoms with Crippen LogP contribution in [0.1, 0.15) is 227 Å². The van der Waals surface area contributed by atoms with Gasteiger partial charge in [0.25, 0.3) is 23.6 Å². The minimum atomic E-state index is -0.624. The maximum atomic E-state index is 14.6. The summed E-state index contributed by atoms with van der Waals surface area (Å²) in [6, 6.07) is 5.57. The van der Waals surface area contributed by atoms with Crippen LogP contribution >= 0.6 is 0 Å². The highest BCUT2D eigenvalue weighted by molar-refractivity contribution is 6.04. The lowest BCUT2D eigenvalue weighted by Crippen LogP contribution is -2.44. The molecule has 1 saturated carbocycles. The fourth-order valence-corrected chi connectivity index (χ4v) is 9.56. The standard InChI is InChI=1S/C70H118N10O16/c1-67(2,3)93-63(85)73-33-21-17-25-41-89-55-47-57(91-43-27-19-23-35-75-65(87)95-69(7,8)9)53(45-51(55)59(81)71-37-39-79(13)14)61(83)77-49-29-31-50(32-30-49)78-62(84)54-46-52(60(82)72-38-40-80(15)16)56(90-42-26-18-22-34-74-64(86)94-68(4,5)6)48-58(54)92-44-28-20-24-36-76-66(88)96-70(10,11)12/h45-50H,17-44H2,1-16H3,(H,71,81)(H,72,82)(H,73,85)(H,74,86)(H,75,87)(H,76,88)(H,77,83)(H,78,84). The normalized spacial score (nSPS) is 14.1. The SMILES string of the molecule is CN(C)CCNC(=O)c1cc(C(=O)NC2CCC(NC(=O)c3cc(C(=O)NCCN(C)C)c(OCCCCCNC(=O)OC(C)(C)C)cc3OCCCCCNC(=O)OC(C)(C)C)CC2)c(OCCCCCNC(=O)OC(C)(C)C)cc1OCCCCCNC(=O)OC(C)(C)C. The van der Waals surface area contributed by atoms with Gasteiger partial charge < -0.3 is 90.2 Å². The van der Waals surface area contributed by atoms with E-state index in [0.717, 1.165) is 0 Å². The Morgan fingerprint density at radius 2 is 0.573 bits per heavy atom. The molecule has 0 heterocycles. The fourth-order valence-electron chi connectivity index (χ4n) is 9.56. The Labute approximate surface area is 571 Å². The van der Waals surface area contributed by atoms with Crippen LogP contribution in [0.3, 0.4) is 0 Å². The van der Waals surface area contributed by atoms with E-state index in [4.69, 9.17) is 37.9 Å². The van der Waals surface area contributed by atoms with Gasteiger partial charge in [-0.15, -0.1) is 0 Å². The van der Waals surface area contributed by atoms with Crippen molar-refractivity contribution < 1.29 is 76.3 Å². The molecule has 2 aromatic rings. The van der Waals surface area contributed by atoms with Gasteiger partial charge in [-0.1, -0.05) is 0 Å². The van der Waals surface area contributed by atoms with Crippen molar-refractivity contribution in [1.82, 2.24) is 52.3 Å². The summed E-state index contributed by atoms with van der Waals surface area (Å²) in [6.45, 7) is 25.9. The minimum absolute atomic E-state index is 0.141. The molecule has 3 rings (SSSR count). The van der Waals surface area contributed by atoms with Gasteiger partial charge in [0.1, 0.15) is 45.4 Å². The Morgan fingerprint density at radius 1 is 0.333 bits per heavy atom. The lowest BCUT2D eigenvalue weighted by molar-refractivity contribution is 0.0515. The smallest absolute Gasteiger partial charge is 0.407 e. The Morgan fingerprint density at radius 3 is 0.802 bits per heavy atom. The third-order valence-electron chi connectivity index (χ3n) is 14.2. The molecule has 96 heavy (non-hydrogen) atoms. The number of nitrogens with one attached hydrogen (secondary N) is 8. The lowest BCUT2D eigenvalue weighted by Gasteiger charge is -2.30. The zero-order valence-corrected chi connectivity index (χ0v) is 60.7. The van der Waals surface area contributed by atoms with Crippen molar-refractivity contribution >= 4 is 48.0 Å². The van der Waals surface area contributed by atoms with Gasteiger partial charge in [0.15, 0.2) is 0 Å². The van der Waals surface area contributed by atoms with Crippen LogP contribution in [-0.2, 0) is 18.9 Å². The molecule has 544 valence electrons. The van der Waals surface area contributed by atoms with E-state index >= 15 is 0 Å². The summed E-state index contributed by atoms with van der Waals surface area (Å²) >= 11 is 0. The van der Waals surface area contributed by atoms with Crippen LogP contribution in [0, 0.1) is 0 Å². The predicted molar refractivity (Wildman–Crippen MR) is 370 cm³/mol. The third-order valence-corrected chi connectivity index (χ3v) is 14.2. The van der Waals surface area contributed by atoms with Gasteiger partial charge in [-0.3, -0.25) is 19.2 Å². The monoisotopic (exact) mass is 1350 g/mol. The molecule has 0 aliphatic heterocycles. The molecule has 1 aliphatic carbocycles. The zero-order valence-electron chi connectivity index (χ0n) is 60.7. The number of alkyl carbamates (subject to hydrolysis) is 4. The van der Waals surface area contributed by atoms with Gasteiger partial charge >= 0.3 is 24.4 Å². The average Bonchev–Trinajstić information content (AvgIpc) is 0.810. The zero-order chi connectivity index (χ0) is 71.5. The van der Waals surface area contributed by atoms with E-state index in [1.54, 1.807) is 95.2 Å². The second kappa shape index (κ2) is 42.3. The number of hydrogen-bond donors (Lipinski definition) is 8. The van der Waals surface area contributed by atoms with Crippen molar-refractivity contribution in [2.75, 3.05) is 107 Å². The predicted octanol–water partition coefficient (Wildman–Crippen LogP) is 10.0. The first kappa shape index (κ1) is 82.7. The second-order valence-corrected chi connectivity index (χ2v) is 28.7. The Hall–Kier alpha value is -7.48. The van der Waals surface area contributed by atoms with Gasteiger partial charge in [0, 0.05) is 76.6 Å². The number of amides is 8. The van der Waals surface area contributed by atoms with Gasteiger partial charge in [-0.05, 0) is 226 Å². The first-order chi connectivity index (χ1) is 45.1. The molecule has 0 bridgehead atoms. The topological polar surface area (TPSA) is 313 Å². The van der Waals surface area contributed by atoms with Crippen LogP contribution in [0.2, 0.25) is 0 Å². The van der Waals surface area contributed by atoms with Crippen LogP contribution in [0.4, 0.5) is 19.2 Å². The van der Waals surface area contributed by atoms with Gasteiger partial charge in [0.2, 0.25) is 0 Å². The summed E-state index contributed by atoms with van der Waals surface area (Å²) in [7, 11) is 7.59. The third kappa shape index (κ3) is 37.1. The van der Waals surface area contributed by atoms with Crippen molar-refractivity contribution in [3.63, 3.8) is 0 Å². The van der Waals surface area contributed by atoms with E-state index in [2.05, 4.69) is 42.5 Å². The second-order valence-electron chi connectivity index (χ2n) is 28.7. The summed E-state index contributed by atoms with van der Waals surface area (Å²) in [5.74, 6) is -0.852. The molecule has 8 amide bonds. The molecule has 0 saturated heterocycles.